The lowest BCUT2D eigenvalue weighted by molar-refractivity contribution is -0.166. The van der Waals surface area contributed by atoms with Gasteiger partial charge in [0.1, 0.15) is 13.3 Å². The fraction of sp³-hybridized carbons (Fsp3) is 0.652. The molecule has 16 heteroatoms. The minimum atomic E-state index is -4.66. The molecule has 0 spiro atoms. The highest BCUT2D eigenvalue weighted by Gasteiger charge is 2.65. The second-order valence-electron chi connectivity index (χ2n) is 9.13. The van der Waals surface area contributed by atoms with Gasteiger partial charge in [0.15, 0.2) is 11.5 Å². The van der Waals surface area contributed by atoms with E-state index in [2.05, 4.69) is 31.0 Å². The Morgan fingerprint density at radius 3 is 2.64 bits per heavy atom. The average Bonchev–Trinajstić information content (AvgIpc) is 3.54. The highest BCUT2D eigenvalue weighted by atomic mass is 32.2. The molecule has 5 N–H and O–H groups in total. The number of ether oxygens (including phenoxy) is 3. The molecule has 39 heavy (non-hydrogen) atoms. The summed E-state index contributed by atoms with van der Waals surface area (Å²) in [6.45, 7) is 0.656. The molecule has 3 aliphatic rings. The first kappa shape index (κ1) is 29.2. The molecule has 3 aliphatic heterocycles. The van der Waals surface area contributed by atoms with E-state index >= 15 is 0 Å². The van der Waals surface area contributed by atoms with Crippen molar-refractivity contribution in [3.8, 4) is 11.5 Å². The van der Waals surface area contributed by atoms with E-state index < -0.39 is 11.8 Å². The molecule has 1 aromatic rings. The molecule has 216 valence electrons. The number of urea groups is 1. The fourth-order valence-corrected chi connectivity index (χ4v) is 5.92. The van der Waals surface area contributed by atoms with Crippen LogP contribution in [0.25, 0.3) is 0 Å². The van der Waals surface area contributed by atoms with Crippen LogP contribution >= 0.6 is 11.8 Å². The number of rotatable bonds is 16. The van der Waals surface area contributed by atoms with Gasteiger partial charge in [-0.3, -0.25) is 4.79 Å². The summed E-state index contributed by atoms with van der Waals surface area (Å²) in [6, 6.07) is 3.84. The first-order valence-corrected chi connectivity index (χ1v) is 13.5. The summed E-state index contributed by atoms with van der Waals surface area (Å²) in [7, 11) is 0. The van der Waals surface area contributed by atoms with Crippen molar-refractivity contribution < 1.29 is 41.8 Å². The Labute approximate surface area is 226 Å². The number of hydrogen-bond donors (Lipinski definition) is 4. The molecule has 0 bridgehead atoms. The summed E-state index contributed by atoms with van der Waals surface area (Å²) in [5.74, 6) is 6.05. The number of benzene rings is 1. The van der Waals surface area contributed by atoms with Gasteiger partial charge in [0, 0.05) is 23.0 Å². The number of alkyl halides is 3. The molecule has 4 rings (SSSR count). The number of nitrogens with zero attached hydrogens (tertiary/aromatic N) is 2. The van der Waals surface area contributed by atoms with E-state index in [0.717, 1.165) is 31.1 Å². The first-order chi connectivity index (χ1) is 18.7. The number of nitrogens with one attached hydrogen (secondary N) is 3. The highest BCUT2D eigenvalue weighted by molar-refractivity contribution is 8.00. The average molecular weight is 577 g/mol. The van der Waals surface area contributed by atoms with Gasteiger partial charge in [-0.05, 0) is 25.0 Å². The van der Waals surface area contributed by atoms with Crippen molar-refractivity contribution in [3.63, 3.8) is 0 Å². The lowest BCUT2D eigenvalue weighted by atomic mass is 10.0. The van der Waals surface area contributed by atoms with Crippen LogP contribution in [0.2, 0.25) is 0 Å². The maximum Gasteiger partial charge on any atom is 0.442 e. The van der Waals surface area contributed by atoms with Crippen molar-refractivity contribution in [2.75, 3.05) is 38.9 Å². The minimum absolute atomic E-state index is 0.00647. The summed E-state index contributed by atoms with van der Waals surface area (Å²) >= 11 is 1.85. The lowest BCUT2D eigenvalue weighted by Crippen LogP contribution is -2.36. The fourth-order valence-electron chi connectivity index (χ4n) is 4.37. The Morgan fingerprint density at radius 2 is 1.90 bits per heavy atom. The van der Waals surface area contributed by atoms with E-state index in [1.54, 1.807) is 0 Å². The molecular formula is C23H31F3N6O6S. The summed E-state index contributed by atoms with van der Waals surface area (Å²) in [6.07, 6.45) is -1.66. The number of carbonyl (C=O) groups excluding carboxylic acids is 2. The third-order valence-corrected chi connectivity index (χ3v) is 7.99. The van der Waals surface area contributed by atoms with Crippen LogP contribution in [-0.4, -0.2) is 74.4 Å². The Morgan fingerprint density at radius 1 is 1.13 bits per heavy atom. The maximum absolute atomic E-state index is 13.2. The Kier molecular flexibility index (Phi) is 9.74. The first-order valence-electron chi connectivity index (χ1n) is 12.5. The second kappa shape index (κ2) is 13.0. The predicted molar refractivity (Wildman–Crippen MR) is 133 cm³/mol. The zero-order valence-electron chi connectivity index (χ0n) is 21.0. The van der Waals surface area contributed by atoms with E-state index in [1.165, 1.54) is 12.1 Å². The molecule has 0 saturated carbocycles. The van der Waals surface area contributed by atoms with Gasteiger partial charge in [0.25, 0.3) is 0 Å². The van der Waals surface area contributed by atoms with Gasteiger partial charge in [-0.25, -0.2) is 4.79 Å². The number of halogens is 3. The third-order valence-electron chi connectivity index (χ3n) is 6.48. The molecule has 3 unspecified atom stereocenters. The number of carbonyl (C=O) groups is 2. The van der Waals surface area contributed by atoms with Crippen molar-refractivity contribution in [1.29, 1.82) is 0 Å². The van der Waals surface area contributed by atoms with Crippen LogP contribution in [-0.2, 0) is 19.9 Å². The Balaban J connectivity index is 1.01. The van der Waals surface area contributed by atoms with Gasteiger partial charge in [-0.1, -0.05) is 12.5 Å². The number of unbranched alkanes of at least 4 members (excludes halogenated alkanes) is 1. The van der Waals surface area contributed by atoms with E-state index in [1.807, 2.05) is 11.8 Å². The summed E-state index contributed by atoms with van der Waals surface area (Å²) in [5, 5.41) is 15.3. The van der Waals surface area contributed by atoms with Gasteiger partial charge in [-0.2, -0.15) is 30.8 Å². The van der Waals surface area contributed by atoms with Gasteiger partial charge in [-0.15, -0.1) is 10.2 Å². The molecular weight excluding hydrogens is 545 g/mol. The minimum Gasteiger partial charge on any atom is -0.487 e. The van der Waals surface area contributed by atoms with Crippen LogP contribution in [0, 0.1) is 0 Å². The van der Waals surface area contributed by atoms with E-state index in [4.69, 9.17) is 20.1 Å². The third kappa shape index (κ3) is 7.43. The van der Waals surface area contributed by atoms with Crippen molar-refractivity contribution >= 4 is 23.7 Å². The van der Waals surface area contributed by atoms with E-state index in [0.29, 0.717) is 11.7 Å². The van der Waals surface area contributed by atoms with Crippen LogP contribution in [0.15, 0.2) is 28.4 Å². The zero-order chi connectivity index (χ0) is 27.9. The quantitative estimate of drug-likeness (QED) is 0.101. The van der Waals surface area contributed by atoms with Crippen molar-refractivity contribution in [2.45, 2.75) is 54.9 Å². The molecule has 2 saturated heterocycles. The number of thioether (sulfide) groups is 1. The lowest BCUT2D eigenvalue weighted by Gasteiger charge is -2.17. The van der Waals surface area contributed by atoms with Crippen LogP contribution in [0.5, 0.6) is 11.5 Å². The number of nitrogens with two attached hydrogens (primary N) is 1. The Bertz CT molecular complexity index is 1040. The molecule has 1 aromatic carbocycles. The van der Waals surface area contributed by atoms with Gasteiger partial charge < -0.3 is 35.0 Å². The highest BCUT2D eigenvalue weighted by Crippen LogP contribution is 2.53. The number of amides is 3. The molecule has 3 amide bonds. The summed E-state index contributed by atoms with van der Waals surface area (Å²) < 4.78 is 55.9. The normalized spacial score (nSPS) is 22.7. The smallest absolute Gasteiger partial charge is 0.442 e. The van der Waals surface area contributed by atoms with Crippen molar-refractivity contribution in [2.24, 2.45) is 16.1 Å². The SMILES string of the molecule is NOc1ccc(C2(C(F)(F)F)N=N2)cc1OCCOCCOCNC(=O)CCCCC1SCC2NC(=O)NC21. The molecule has 0 radical (unpaired) electrons. The molecule has 0 aliphatic carbocycles. The largest absolute Gasteiger partial charge is 0.487 e. The van der Waals surface area contributed by atoms with Crippen LogP contribution < -0.4 is 31.4 Å². The van der Waals surface area contributed by atoms with E-state index in [-0.39, 0.29) is 74.2 Å². The zero-order valence-corrected chi connectivity index (χ0v) is 21.8. The van der Waals surface area contributed by atoms with Crippen molar-refractivity contribution in [3.05, 3.63) is 23.8 Å². The van der Waals surface area contributed by atoms with Crippen LogP contribution in [0.1, 0.15) is 31.2 Å². The van der Waals surface area contributed by atoms with Crippen molar-refractivity contribution in [1.82, 2.24) is 16.0 Å². The molecule has 3 heterocycles. The standard InChI is InChI=1S/C23H31F3N6O6S/c24-23(25,26)22(31-32-22)14-5-6-16(38-27)17(11-14)37-10-9-35-7-8-36-13-28-19(33)4-2-1-3-18-20-15(12-39-18)29-21(34)30-20/h5-6,11,15,18,20H,1-4,7-10,12-13,27H2,(H,28,33)(H2,29,30,34). The molecule has 3 atom stereocenters. The predicted octanol–water partition coefficient (Wildman–Crippen LogP) is 2.33. The Hall–Kier alpha value is -2.82. The van der Waals surface area contributed by atoms with Crippen LogP contribution in [0.3, 0.4) is 0 Å². The van der Waals surface area contributed by atoms with Gasteiger partial charge >= 0.3 is 17.9 Å². The van der Waals surface area contributed by atoms with Gasteiger partial charge in [0.2, 0.25) is 5.91 Å². The molecule has 0 aromatic heterocycles. The number of hydrogen-bond acceptors (Lipinski definition) is 10. The van der Waals surface area contributed by atoms with E-state index in [9.17, 15) is 22.8 Å². The topological polar surface area (TPSA) is 158 Å². The summed E-state index contributed by atoms with van der Waals surface area (Å²) in [5.41, 5.74) is -2.78. The molecule has 12 nitrogen and oxygen atoms in total. The number of fused-ring (bicyclic) bond motifs is 1. The summed E-state index contributed by atoms with van der Waals surface area (Å²) in [4.78, 5) is 28.0. The van der Waals surface area contributed by atoms with Gasteiger partial charge in [0.05, 0.1) is 31.9 Å². The van der Waals surface area contributed by atoms with Crippen LogP contribution in [0.4, 0.5) is 18.0 Å². The second-order valence-corrected chi connectivity index (χ2v) is 10.4. The molecule has 2 fully saturated rings. The maximum atomic E-state index is 13.2. The monoisotopic (exact) mass is 576 g/mol.